The zero-order chi connectivity index (χ0) is 27.4. The molecule has 2 N–H and O–H groups in total. The van der Waals surface area contributed by atoms with Gasteiger partial charge in [-0.1, -0.05) is 18.2 Å². The van der Waals surface area contributed by atoms with E-state index < -0.39 is 10.0 Å². The Kier molecular flexibility index (Phi) is 8.91. The zero-order valence-electron chi connectivity index (χ0n) is 21.5. The number of carbonyl (C=O) groups excluding carboxylic acids is 2. The predicted molar refractivity (Wildman–Crippen MR) is 155 cm³/mol. The van der Waals surface area contributed by atoms with Gasteiger partial charge in [-0.25, -0.2) is 18.2 Å². The first-order valence-corrected chi connectivity index (χ1v) is 15.5. The van der Waals surface area contributed by atoms with Crippen molar-refractivity contribution in [3.05, 3.63) is 46.6 Å². The number of carbonyl (C=O) groups is 2. The number of piperazine rings is 1. The molecule has 0 spiro atoms. The van der Waals surface area contributed by atoms with Gasteiger partial charge in [0.05, 0.1) is 10.0 Å². The number of hydrogen-bond acceptors (Lipinski definition) is 7. The van der Waals surface area contributed by atoms with Crippen molar-refractivity contribution in [2.75, 3.05) is 56.0 Å². The largest absolute Gasteiger partial charge is 0.356 e. The maximum atomic E-state index is 13.6. The molecule has 1 saturated heterocycles. The smallest absolute Gasteiger partial charge is 0.319 e. The van der Waals surface area contributed by atoms with Crippen LogP contribution < -0.4 is 15.5 Å². The second kappa shape index (κ2) is 12.0. The number of pyridine rings is 1. The summed E-state index contributed by atoms with van der Waals surface area (Å²) in [6.45, 7) is 8.59. The first-order valence-electron chi connectivity index (χ1n) is 12.5. The predicted octanol–water partition coefficient (Wildman–Crippen LogP) is 4.19. The number of thiophene rings is 1. The highest BCUT2D eigenvalue weighted by Gasteiger charge is 2.33. The van der Waals surface area contributed by atoms with Crippen molar-refractivity contribution in [1.29, 1.82) is 0 Å². The second-order valence-electron chi connectivity index (χ2n) is 8.63. The van der Waals surface area contributed by atoms with Crippen molar-refractivity contribution in [1.82, 2.24) is 19.5 Å². The summed E-state index contributed by atoms with van der Waals surface area (Å²) in [5.74, 6) is 0.462. The van der Waals surface area contributed by atoms with Crippen LogP contribution in [-0.4, -0.2) is 80.4 Å². The number of sulfonamides is 1. The van der Waals surface area contributed by atoms with Crippen molar-refractivity contribution in [2.24, 2.45) is 0 Å². The SMILES string of the molecule is CCNC(=O)Nc1sc2ccccc2c1C(=O)N1CCN(S(=O)(=O)c2cnc(N(CC)CC)c(Br)c2)CC1. The van der Waals surface area contributed by atoms with Gasteiger partial charge < -0.3 is 15.1 Å². The van der Waals surface area contributed by atoms with Gasteiger partial charge in [0.15, 0.2) is 0 Å². The topological polar surface area (TPSA) is 115 Å². The molecule has 0 aliphatic carbocycles. The molecule has 3 amide bonds. The van der Waals surface area contributed by atoms with Gasteiger partial charge in [-0.3, -0.25) is 10.1 Å². The average molecular weight is 624 g/mol. The third kappa shape index (κ3) is 5.65. The molecule has 3 heterocycles. The van der Waals surface area contributed by atoms with E-state index in [1.54, 1.807) is 11.0 Å². The normalized spacial score (nSPS) is 14.5. The third-order valence-electron chi connectivity index (χ3n) is 6.40. The second-order valence-corrected chi connectivity index (χ2v) is 12.5. The van der Waals surface area contributed by atoms with E-state index in [9.17, 15) is 18.0 Å². The quantitative estimate of drug-likeness (QED) is 0.389. The Labute approximate surface area is 235 Å². The maximum Gasteiger partial charge on any atom is 0.319 e. The van der Waals surface area contributed by atoms with Crippen molar-refractivity contribution >= 4 is 70.1 Å². The summed E-state index contributed by atoms with van der Waals surface area (Å²) in [5.41, 5.74) is 0.424. The minimum atomic E-state index is -3.79. The van der Waals surface area contributed by atoms with E-state index in [4.69, 9.17) is 0 Å². The van der Waals surface area contributed by atoms with Crippen LogP contribution in [0.2, 0.25) is 0 Å². The summed E-state index contributed by atoms with van der Waals surface area (Å²) in [5, 5.41) is 6.72. The number of amides is 3. The summed E-state index contributed by atoms with van der Waals surface area (Å²) in [7, 11) is -3.79. The number of hydrogen-bond donors (Lipinski definition) is 2. The van der Waals surface area contributed by atoms with E-state index in [2.05, 4.69) is 31.5 Å². The molecule has 0 unspecified atom stereocenters. The molecule has 1 aromatic carbocycles. The number of aromatic nitrogens is 1. The van der Waals surface area contributed by atoms with Crippen LogP contribution in [0.1, 0.15) is 31.1 Å². The molecule has 13 heteroatoms. The van der Waals surface area contributed by atoms with Crippen LogP contribution in [0.4, 0.5) is 15.6 Å². The lowest BCUT2D eigenvalue weighted by molar-refractivity contribution is 0.0701. The fourth-order valence-electron chi connectivity index (χ4n) is 4.40. The lowest BCUT2D eigenvalue weighted by atomic mass is 10.1. The Morgan fingerprint density at radius 2 is 1.79 bits per heavy atom. The maximum absolute atomic E-state index is 13.6. The van der Waals surface area contributed by atoms with Gasteiger partial charge in [0.25, 0.3) is 5.91 Å². The van der Waals surface area contributed by atoms with E-state index in [0.717, 1.165) is 23.2 Å². The number of halogens is 1. The van der Waals surface area contributed by atoms with Crippen molar-refractivity contribution < 1.29 is 18.0 Å². The minimum absolute atomic E-state index is 0.109. The summed E-state index contributed by atoms with van der Waals surface area (Å²) in [4.78, 5) is 34.0. The first-order chi connectivity index (χ1) is 18.2. The van der Waals surface area contributed by atoms with E-state index in [1.165, 1.54) is 21.8 Å². The molecule has 4 rings (SSSR count). The first kappa shape index (κ1) is 28.3. The van der Waals surface area contributed by atoms with Crippen LogP contribution in [0.25, 0.3) is 10.1 Å². The van der Waals surface area contributed by atoms with E-state index in [-0.39, 0.29) is 43.0 Å². The Morgan fingerprint density at radius 1 is 1.11 bits per heavy atom. The number of fused-ring (bicyclic) bond motifs is 1. The molecule has 0 radical (unpaired) electrons. The Morgan fingerprint density at radius 3 is 2.42 bits per heavy atom. The summed E-state index contributed by atoms with van der Waals surface area (Å²) >= 11 is 4.82. The molecule has 3 aromatic rings. The molecule has 204 valence electrons. The molecule has 2 aromatic heterocycles. The van der Waals surface area contributed by atoms with Crippen LogP contribution in [0.5, 0.6) is 0 Å². The fraction of sp³-hybridized carbons (Fsp3) is 0.400. The van der Waals surface area contributed by atoms with Crippen LogP contribution in [0.3, 0.4) is 0 Å². The van der Waals surface area contributed by atoms with E-state index in [0.29, 0.717) is 27.4 Å². The monoisotopic (exact) mass is 622 g/mol. The van der Waals surface area contributed by atoms with Gasteiger partial charge in [0.1, 0.15) is 15.7 Å². The molecule has 0 bridgehead atoms. The fourth-order valence-corrected chi connectivity index (χ4v) is 7.64. The molecule has 0 atom stereocenters. The van der Waals surface area contributed by atoms with Gasteiger partial charge >= 0.3 is 6.03 Å². The van der Waals surface area contributed by atoms with Gasteiger partial charge in [-0.2, -0.15) is 4.31 Å². The minimum Gasteiger partial charge on any atom is -0.356 e. The standard InChI is InChI=1S/C25H31BrN6O4S2/c1-4-27-25(34)29-23-21(18-9-7-8-10-20(18)37-23)24(33)31-11-13-32(14-12-31)38(35,36)17-15-19(26)22(28-16-17)30(5-2)6-3/h7-10,15-16H,4-6,11-14H2,1-3H3,(H2,27,29,34). The molecular formula is C25H31BrN6O4S2. The number of anilines is 2. The Hall–Kier alpha value is -2.74. The lowest BCUT2D eigenvalue weighted by Crippen LogP contribution is -2.50. The van der Waals surface area contributed by atoms with E-state index >= 15 is 0 Å². The van der Waals surface area contributed by atoms with Crippen molar-refractivity contribution in [2.45, 2.75) is 25.7 Å². The molecule has 1 aliphatic rings. The summed E-state index contributed by atoms with van der Waals surface area (Å²) in [6.07, 6.45) is 1.39. The molecule has 0 saturated carbocycles. The Balaban J connectivity index is 1.52. The van der Waals surface area contributed by atoms with Gasteiger partial charge in [0.2, 0.25) is 10.0 Å². The number of urea groups is 1. The van der Waals surface area contributed by atoms with Crippen LogP contribution in [-0.2, 0) is 10.0 Å². The average Bonchev–Trinajstić information content (AvgIpc) is 3.27. The number of rotatable bonds is 8. The van der Waals surface area contributed by atoms with Gasteiger partial charge in [-0.05, 0) is 48.8 Å². The third-order valence-corrected chi connectivity index (χ3v) is 9.93. The van der Waals surface area contributed by atoms with Gasteiger partial charge in [-0.15, -0.1) is 11.3 Å². The number of nitrogens with one attached hydrogen (secondary N) is 2. The molecule has 38 heavy (non-hydrogen) atoms. The van der Waals surface area contributed by atoms with Crippen LogP contribution in [0.15, 0.2) is 45.9 Å². The van der Waals surface area contributed by atoms with Crippen LogP contribution >= 0.6 is 27.3 Å². The number of benzene rings is 1. The Bertz CT molecular complexity index is 1430. The van der Waals surface area contributed by atoms with Crippen molar-refractivity contribution in [3.8, 4) is 0 Å². The highest BCUT2D eigenvalue weighted by Crippen LogP contribution is 2.37. The molecule has 10 nitrogen and oxygen atoms in total. The summed E-state index contributed by atoms with van der Waals surface area (Å²) in [6, 6.07) is 8.70. The highest BCUT2D eigenvalue weighted by atomic mass is 79.9. The lowest BCUT2D eigenvalue weighted by Gasteiger charge is -2.34. The van der Waals surface area contributed by atoms with Gasteiger partial charge in [0, 0.05) is 62.1 Å². The molecule has 1 fully saturated rings. The highest BCUT2D eigenvalue weighted by molar-refractivity contribution is 9.10. The molecule has 1 aliphatic heterocycles. The van der Waals surface area contributed by atoms with Crippen LogP contribution in [0, 0.1) is 0 Å². The summed E-state index contributed by atoms with van der Waals surface area (Å²) < 4.78 is 29.6. The van der Waals surface area contributed by atoms with Crippen molar-refractivity contribution in [3.63, 3.8) is 0 Å². The zero-order valence-corrected chi connectivity index (χ0v) is 24.7. The molecular weight excluding hydrogens is 592 g/mol. The van der Waals surface area contributed by atoms with E-state index in [1.807, 2.05) is 49.9 Å². The number of nitrogens with zero attached hydrogens (tertiary/aromatic N) is 4.